The summed E-state index contributed by atoms with van der Waals surface area (Å²) < 4.78 is 1.42. The van der Waals surface area contributed by atoms with Gasteiger partial charge in [-0.05, 0) is 22.6 Å². The van der Waals surface area contributed by atoms with Crippen molar-refractivity contribution in [3.63, 3.8) is 0 Å². The van der Waals surface area contributed by atoms with Gasteiger partial charge in [0.25, 0.3) is 0 Å². The zero-order chi connectivity index (χ0) is 11.7. The summed E-state index contributed by atoms with van der Waals surface area (Å²) in [4.78, 5) is 0. The molecule has 0 bridgehead atoms. The van der Waals surface area contributed by atoms with Gasteiger partial charge >= 0.3 is 0 Å². The standard InChI is InChI=1S/C8H6Cl3N5/c9-4-1-6(11)7(2-5(4)10)16-8(3-12)13-14-15-16/h1-2H,3,12H2. The van der Waals surface area contributed by atoms with Crippen molar-refractivity contribution in [1.29, 1.82) is 0 Å². The molecule has 0 saturated heterocycles. The van der Waals surface area contributed by atoms with Crippen LogP contribution < -0.4 is 5.73 Å². The molecule has 0 spiro atoms. The Bertz CT molecular complexity index is 524. The molecule has 2 aromatic rings. The van der Waals surface area contributed by atoms with Crippen LogP contribution in [0.5, 0.6) is 0 Å². The largest absolute Gasteiger partial charge is 0.324 e. The number of halogens is 3. The lowest BCUT2D eigenvalue weighted by Crippen LogP contribution is -2.08. The summed E-state index contributed by atoms with van der Waals surface area (Å²) in [6.07, 6.45) is 0. The summed E-state index contributed by atoms with van der Waals surface area (Å²) >= 11 is 17.7. The monoisotopic (exact) mass is 277 g/mol. The van der Waals surface area contributed by atoms with Gasteiger partial charge in [0.2, 0.25) is 0 Å². The lowest BCUT2D eigenvalue weighted by atomic mass is 10.3. The maximum atomic E-state index is 6.02. The molecule has 0 amide bonds. The molecule has 2 N–H and O–H groups in total. The second-order valence-corrected chi connectivity index (χ2v) is 4.15. The van der Waals surface area contributed by atoms with Gasteiger partial charge in [0.15, 0.2) is 5.82 Å². The molecular formula is C8H6Cl3N5. The Kier molecular flexibility index (Phi) is 3.30. The molecule has 0 unspecified atom stereocenters. The van der Waals surface area contributed by atoms with Gasteiger partial charge in [0.05, 0.1) is 27.3 Å². The number of nitrogens with two attached hydrogens (primary N) is 1. The average molecular weight is 279 g/mol. The summed E-state index contributed by atoms with van der Waals surface area (Å²) in [5.41, 5.74) is 6.03. The second-order valence-electron chi connectivity index (χ2n) is 2.93. The van der Waals surface area contributed by atoms with E-state index in [1.165, 1.54) is 10.7 Å². The maximum Gasteiger partial charge on any atom is 0.170 e. The fourth-order valence-corrected chi connectivity index (χ4v) is 1.82. The molecule has 0 fully saturated rings. The minimum Gasteiger partial charge on any atom is -0.324 e. The second kappa shape index (κ2) is 4.55. The smallest absolute Gasteiger partial charge is 0.170 e. The number of hydrogen-bond acceptors (Lipinski definition) is 4. The lowest BCUT2D eigenvalue weighted by Gasteiger charge is -2.06. The zero-order valence-electron chi connectivity index (χ0n) is 7.86. The molecular weight excluding hydrogens is 272 g/mol. The molecule has 5 nitrogen and oxygen atoms in total. The van der Waals surface area contributed by atoms with Crippen LogP contribution in [-0.4, -0.2) is 20.2 Å². The Balaban J connectivity index is 2.60. The number of aromatic nitrogens is 4. The molecule has 1 heterocycles. The van der Waals surface area contributed by atoms with E-state index in [0.717, 1.165) is 0 Å². The highest BCUT2D eigenvalue weighted by atomic mass is 35.5. The third kappa shape index (κ3) is 1.99. The number of benzene rings is 1. The first-order valence-corrected chi connectivity index (χ1v) is 5.39. The van der Waals surface area contributed by atoms with E-state index >= 15 is 0 Å². The van der Waals surface area contributed by atoms with E-state index in [1.54, 1.807) is 6.07 Å². The van der Waals surface area contributed by atoms with E-state index in [9.17, 15) is 0 Å². The van der Waals surface area contributed by atoms with Gasteiger partial charge in [0, 0.05) is 0 Å². The van der Waals surface area contributed by atoms with Gasteiger partial charge in [-0.15, -0.1) is 5.10 Å². The quantitative estimate of drug-likeness (QED) is 0.854. The molecule has 2 rings (SSSR count). The van der Waals surface area contributed by atoms with Crippen LogP contribution in [-0.2, 0) is 6.54 Å². The molecule has 84 valence electrons. The first-order valence-electron chi connectivity index (χ1n) is 4.25. The maximum absolute atomic E-state index is 6.02. The van der Waals surface area contributed by atoms with Crippen LogP contribution in [0.25, 0.3) is 5.69 Å². The van der Waals surface area contributed by atoms with E-state index in [2.05, 4.69) is 15.5 Å². The first-order chi connectivity index (χ1) is 7.63. The van der Waals surface area contributed by atoms with E-state index < -0.39 is 0 Å². The van der Waals surface area contributed by atoms with Gasteiger partial charge in [0.1, 0.15) is 0 Å². The van der Waals surface area contributed by atoms with Gasteiger partial charge in [-0.1, -0.05) is 34.8 Å². The number of hydrogen-bond donors (Lipinski definition) is 1. The van der Waals surface area contributed by atoms with Gasteiger partial charge in [-0.25, -0.2) is 0 Å². The Labute approximate surface area is 106 Å². The number of tetrazole rings is 1. The van der Waals surface area contributed by atoms with Crippen LogP contribution in [0.2, 0.25) is 15.1 Å². The molecule has 0 aliphatic heterocycles. The first kappa shape index (κ1) is 11.6. The van der Waals surface area contributed by atoms with Crippen molar-refractivity contribution in [1.82, 2.24) is 20.2 Å². The highest BCUT2D eigenvalue weighted by Gasteiger charge is 2.12. The summed E-state index contributed by atoms with van der Waals surface area (Å²) in [7, 11) is 0. The topological polar surface area (TPSA) is 69.6 Å². The third-order valence-corrected chi connectivity index (χ3v) is 2.96. The fraction of sp³-hybridized carbons (Fsp3) is 0.125. The van der Waals surface area contributed by atoms with E-state index in [4.69, 9.17) is 40.5 Å². The molecule has 0 radical (unpaired) electrons. The van der Waals surface area contributed by atoms with Gasteiger partial charge < -0.3 is 5.73 Å². The van der Waals surface area contributed by atoms with Crippen LogP contribution in [0.1, 0.15) is 5.82 Å². The minimum absolute atomic E-state index is 0.198. The van der Waals surface area contributed by atoms with Gasteiger partial charge in [-0.2, -0.15) is 4.68 Å². The predicted molar refractivity (Wildman–Crippen MR) is 62.1 cm³/mol. The number of rotatable bonds is 2. The summed E-state index contributed by atoms with van der Waals surface area (Å²) in [6.45, 7) is 0.198. The molecule has 0 aliphatic carbocycles. The predicted octanol–water partition coefficient (Wildman–Crippen LogP) is 2.08. The van der Waals surface area contributed by atoms with Crippen molar-refractivity contribution in [3.8, 4) is 5.69 Å². The highest BCUT2D eigenvalue weighted by molar-refractivity contribution is 6.43. The fourth-order valence-electron chi connectivity index (χ4n) is 1.19. The molecule has 1 aromatic carbocycles. The molecule has 8 heteroatoms. The van der Waals surface area contributed by atoms with Crippen LogP contribution in [0, 0.1) is 0 Å². The average Bonchev–Trinajstić information content (AvgIpc) is 2.71. The Hall–Kier alpha value is -0.880. The minimum atomic E-state index is 0.198. The van der Waals surface area contributed by atoms with E-state index in [1.807, 2.05) is 0 Å². The normalized spacial score (nSPS) is 10.8. The van der Waals surface area contributed by atoms with Crippen LogP contribution >= 0.6 is 34.8 Å². The van der Waals surface area contributed by atoms with Crippen molar-refractivity contribution < 1.29 is 0 Å². The molecule has 0 atom stereocenters. The van der Waals surface area contributed by atoms with Crippen molar-refractivity contribution >= 4 is 34.8 Å². The molecule has 16 heavy (non-hydrogen) atoms. The Morgan fingerprint density at radius 2 is 1.81 bits per heavy atom. The molecule has 0 saturated carbocycles. The third-order valence-electron chi connectivity index (χ3n) is 1.93. The summed E-state index contributed by atoms with van der Waals surface area (Å²) in [5, 5.41) is 12.2. The van der Waals surface area contributed by atoms with E-state index in [-0.39, 0.29) is 6.54 Å². The van der Waals surface area contributed by atoms with Gasteiger partial charge in [-0.3, -0.25) is 0 Å². The molecule has 1 aromatic heterocycles. The summed E-state index contributed by atoms with van der Waals surface area (Å²) in [5.74, 6) is 0.486. The Morgan fingerprint density at radius 3 is 2.50 bits per heavy atom. The van der Waals surface area contributed by atoms with Crippen molar-refractivity contribution in [2.75, 3.05) is 0 Å². The summed E-state index contributed by atoms with van der Waals surface area (Å²) in [6, 6.07) is 3.12. The highest BCUT2D eigenvalue weighted by Crippen LogP contribution is 2.30. The van der Waals surface area contributed by atoms with E-state index in [0.29, 0.717) is 26.6 Å². The van der Waals surface area contributed by atoms with Crippen molar-refractivity contribution in [2.24, 2.45) is 5.73 Å². The van der Waals surface area contributed by atoms with Crippen LogP contribution in [0.15, 0.2) is 12.1 Å². The molecule has 0 aliphatic rings. The van der Waals surface area contributed by atoms with Crippen LogP contribution in [0.4, 0.5) is 0 Å². The van der Waals surface area contributed by atoms with Crippen LogP contribution in [0.3, 0.4) is 0 Å². The lowest BCUT2D eigenvalue weighted by molar-refractivity contribution is 0.761. The zero-order valence-corrected chi connectivity index (χ0v) is 10.1. The van der Waals surface area contributed by atoms with Crippen molar-refractivity contribution in [3.05, 3.63) is 33.0 Å². The van der Waals surface area contributed by atoms with Crippen molar-refractivity contribution in [2.45, 2.75) is 6.54 Å². The number of nitrogens with zero attached hydrogens (tertiary/aromatic N) is 4. The Morgan fingerprint density at radius 1 is 1.12 bits per heavy atom. The SMILES string of the molecule is NCc1nnnn1-c1cc(Cl)c(Cl)cc1Cl.